The molecular formula is C19H20F2N2O2. The van der Waals surface area contributed by atoms with Crippen molar-refractivity contribution >= 4 is 11.6 Å². The first kappa shape index (κ1) is 17.2. The van der Waals surface area contributed by atoms with E-state index in [0.717, 1.165) is 13.1 Å². The van der Waals surface area contributed by atoms with Crippen molar-refractivity contribution in [1.82, 2.24) is 4.90 Å². The van der Waals surface area contributed by atoms with Crippen LogP contribution in [-0.4, -0.2) is 43.6 Å². The number of rotatable bonds is 4. The highest BCUT2D eigenvalue weighted by atomic mass is 19.3. The van der Waals surface area contributed by atoms with Gasteiger partial charge in [-0.3, -0.25) is 4.79 Å². The van der Waals surface area contributed by atoms with Crippen molar-refractivity contribution in [2.75, 3.05) is 31.1 Å². The zero-order chi connectivity index (χ0) is 17.8. The molecule has 0 unspecified atom stereocenters. The largest absolute Gasteiger partial charge is 0.435 e. The summed E-state index contributed by atoms with van der Waals surface area (Å²) in [5.74, 6) is -0.163. The maximum absolute atomic E-state index is 12.6. The molecule has 132 valence electrons. The van der Waals surface area contributed by atoms with Gasteiger partial charge in [0, 0.05) is 37.4 Å². The molecule has 0 radical (unpaired) electrons. The number of nitrogens with zero attached hydrogens (tertiary/aromatic N) is 2. The smallest absolute Gasteiger partial charge is 0.387 e. The summed E-state index contributed by atoms with van der Waals surface area (Å²) in [7, 11) is 0. The van der Waals surface area contributed by atoms with Crippen LogP contribution in [0.3, 0.4) is 0 Å². The molecule has 1 fully saturated rings. The van der Waals surface area contributed by atoms with Crippen LogP contribution in [0, 0.1) is 6.92 Å². The molecule has 1 aliphatic heterocycles. The number of hydrogen-bond donors (Lipinski definition) is 0. The van der Waals surface area contributed by atoms with Crippen LogP contribution in [0.1, 0.15) is 15.9 Å². The molecule has 3 rings (SSSR count). The van der Waals surface area contributed by atoms with Gasteiger partial charge < -0.3 is 14.5 Å². The van der Waals surface area contributed by atoms with E-state index < -0.39 is 6.61 Å². The molecule has 6 heteroatoms. The maximum atomic E-state index is 12.6. The average Bonchev–Trinajstić information content (AvgIpc) is 2.61. The van der Waals surface area contributed by atoms with Gasteiger partial charge in [-0.25, -0.2) is 0 Å². The average molecular weight is 346 g/mol. The third-order valence-electron chi connectivity index (χ3n) is 4.33. The van der Waals surface area contributed by atoms with E-state index in [-0.39, 0.29) is 11.7 Å². The molecule has 0 bridgehead atoms. The van der Waals surface area contributed by atoms with E-state index >= 15 is 0 Å². The summed E-state index contributed by atoms with van der Waals surface area (Å²) in [6, 6.07) is 14.1. The molecule has 1 heterocycles. The third kappa shape index (κ3) is 4.07. The highest BCUT2D eigenvalue weighted by Gasteiger charge is 2.23. The van der Waals surface area contributed by atoms with Crippen LogP contribution in [0.2, 0.25) is 0 Å². The Balaban J connectivity index is 1.65. The second-order valence-corrected chi connectivity index (χ2v) is 5.97. The van der Waals surface area contributed by atoms with Crippen molar-refractivity contribution in [3.8, 4) is 5.75 Å². The van der Waals surface area contributed by atoms with E-state index in [1.165, 1.54) is 23.4 Å². The maximum Gasteiger partial charge on any atom is 0.387 e. The molecular weight excluding hydrogens is 326 g/mol. The monoisotopic (exact) mass is 346 g/mol. The lowest BCUT2D eigenvalue weighted by molar-refractivity contribution is -0.0499. The quantitative estimate of drug-likeness (QED) is 0.849. The number of piperazine rings is 1. The van der Waals surface area contributed by atoms with E-state index in [1.807, 2.05) is 12.1 Å². The molecule has 0 saturated carbocycles. The molecule has 2 aromatic carbocycles. The van der Waals surface area contributed by atoms with Crippen molar-refractivity contribution in [2.24, 2.45) is 0 Å². The van der Waals surface area contributed by atoms with Crippen molar-refractivity contribution in [3.05, 3.63) is 59.7 Å². The minimum Gasteiger partial charge on any atom is -0.435 e. The van der Waals surface area contributed by atoms with Crippen LogP contribution in [-0.2, 0) is 0 Å². The molecule has 4 nitrogen and oxygen atoms in total. The Morgan fingerprint density at radius 2 is 1.76 bits per heavy atom. The molecule has 1 saturated heterocycles. The number of para-hydroxylation sites is 1. The first-order chi connectivity index (χ1) is 12.0. The van der Waals surface area contributed by atoms with Crippen molar-refractivity contribution < 1.29 is 18.3 Å². The van der Waals surface area contributed by atoms with Crippen LogP contribution in [0.4, 0.5) is 14.5 Å². The zero-order valence-electron chi connectivity index (χ0n) is 14.0. The summed E-state index contributed by atoms with van der Waals surface area (Å²) >= 11 is 0. The van der Waals surface area contributed by atoms with Crippen molar-refractivity contribution in [1.29, 1.82) is 0 Å². The number of amides is 1. The Morgan fingerprint density at radius 1 is 1.04 bits per heavy atom. The Bertz CT molecular complexity index is 744. The van der Waals surface area contributed by atoms with Gasteiger partial charge in [0.1, 0.15) is 5.75 Å². The number of anilines is 1. The molecule has 0 spiro atoms. The molecule has 25 heavy (non-hydrogen) atoms. The number of hydrogen-bond acceptors (Lipinski definition) is 3. The fraction of sp³-hybridized carbons (Fsp3) is 0.316. The highest BCUT2D eigenvalue weighted by Crippen LogP contribution is 2.22. The zero-order valence-corrected chi connectivity index (χ0v) is 14.0. The summed E-state index contributed by atoms with van der Waals surface area (Å²) in [5.41, 5.74) is 2.75. The number of aryl methyl sites for hydroxylation is 1. The number of carbonyl (C=O) groups excluding carboxylic acids is 1. The summed E-state index contributed by atoms with van der Waals surface area (Å²) in [6.45, 7) is 1.83. The van der Waals surface area contributed by atoms with Gasteiger partial charge >= 0.3 is 6.61 Å². The van der Waals surface area contributed by atoms with Gasteiger partial charge in [0.25, 0.3) is 5.91 Å². The fourth-order valence-corrected chi connectivity index (χ4v) is 3.06. The molecule has 0 aromatic heterocycles. The predicted octanol–water partition coefficient (Wildman–Crippen LogP) is 3.56. The highest BCUT2D eigenvalue weighted by molar-refractivity contribution is 5.94. The van der Waals surface area contributed by atoms with Crippen LogP contribution >= 0.6 is 0 Å². The Morgan fingerprint density at radius 3 is 2.44 bits per heavy atom. The second-order valence-electron chi connectivity index (χ2n) is 5.97. The van der Waals surface area contributed by atoms with E-state index in [0.29, 0.717) is 18.7 Å². The van der Waals surface area contributed by atoms with E-state index in [2.05, 4.69) is 28.7 Å². The molecule has 2 aromatic rings. The van der Waals surface area contributed by atoms with Crippen LogP contribution < -0.4 is 9.64 Å². The number of carbonyl (C=O) groups is 1. The molecule has 1 amide bonds. The van der Waals surface area contributed by atoms with Gasteiger partial charge in [0.15, 0.2) is 0 Å². The number of ether oxygens (including phenoxy) is 1. The van der Waals surface area contributed by atoms with Gasteiger partial charge in [-0.05, 0) is 36.8 Å². The second kappa shape index (κ2) is 7.51. The van der Waals surface area contributed by atoms with E-state index in [1.54, 1.807) is 17.0 Å². The Labute approximate surface area is 145 Å². The van der Waals surface area contributed by atoms with Crippen LogP contribution in [0.5, 0.6) is 5.75 Å². The Hall–Kier alpha value is -2.63. The minimum absolute atomic E-state index is 0.000559. The lowest BCUT2D eigenvalue weighted by atomic mass is 10.1. The van der Waals surface area contributed by atoms with Crippen molar-refractivity contribution in [3.63, 3.8) is 0 Å². The van der Waals surface area contributed by atoms with E-state index in [9.17, 15) is 13.6 Å². The fourth-order valence-electron chi connectivity index (χ4n) is 3.06. The summed E-state index contributed by atoms with van der Waals surface area (Å²) in [4.78, 5) is 16.6. The third-order valence-corrected chi connectivity index (χ3v) is 4.33. The SMILES string of the molecule is Cc1ccccc1N1CCN(C(=O)c2cccc(OC(F)F)c2)CC1. The lowest BCUT2D eigenvalue weighted by Gasteiger charge is -2.36. The van der Waals surface area contributed by atoms with Crippen LogP contribution in [0.15, 0.2) is 48.5 Å². The van der Waals surface area contributed by atoms with Gasteiger partial charge in [-0.15, -0.1) is 0 Å². The van der Waals surface area contributed by atoms with Gasteiger partial charge in [0.05, 0.1) is 0 Å². The number of benzene rings is 2. The lowest BCUT2D eigenvalue weighted by Crippen LogP contribution is -2.49. The normalized spacial score (nSPS) is 14.7. The summed E-state index contributed by atoms with van der Waals surface area (Å²) in [5, 5.41) is 0. The predicted molar refractivity (Wildman–Crippen MR) is 92.4 cm³/mol. The summed E-state index contributed by atoms with van der Waals surface area (Å²) < 4.78 is 29.0. The number of alkyl halides is 2. The van der Waals surface area contributed by atoms with Gasteiger partial charge in [-0.2, -0.15) is 8.78 Å². The Kier molecular flexibility index (Phi) is 5.16. The standard InChI is InChI=1S/C19H20F2N2O2/c1-14-5-2-3-8-17(14)22-9-11-23(12-10-22)18(24)15-6-4-7-16(13-15)25-19(20)21/h2-8,13,19H,9-12H2,1H3. The first-order valence-electron chi connectivity index (χ1n) is 8.19. The first-order valence-corrected chi connectivity index (χ1v) is 8.19. The molecule has 1 aliphatic rings. The summed E-state index contributed by atoms with van der Waals surface area (Å²) in [6.07, 6.45) is 0. The van der Waals surface area contributed by atoms with Gasteiger partial charge in [-0.1, -0.05) is 24.3 Å². The molecule has 0 aliphatic carbocycles. The topological polar surface area (TPSA) is 32.8 Å². The van der Waals surface area contributed by atoms with E-state index in [4.69, 9.17) is 0 Å². The van der Waals surface area contributed by atoms with Crippen molar-refractivity contribution in [2.45, 2.75) is 13.5 Å². The van der Waals surface area contributed by atoms with Gasteiger partial charge in [0.2, 0.25) is 0 Å². The minimum atomic E-state index is -2.90. The molecule has 0 atom stereocenters. The van der Waals surface area contributed by atoms with Crippen LogP contribution in [0.25, 0.3) is 0 Å². The molecule has 0 N–H and O–H groups in total. The number of halogens is 2.